The molecular weight excluding hydrogens is 70.0 g/mol. The third-order valence-electron chi connectivity index (χ3n) is 0.204. The molecule has 0 aromatic rings. The van der Waals surface area contributed by atoms with E-state index >= 15 is 0 Å². The molecule has 0 atom stereocenters. The van der Waals surface area contributed by atoms with Crippen LogP contribution in [0.15, 0.2) is 0 Å². The number of hydrogen-bond acceptors (Lipinski definition) is 3. The summed E-state index contributed by atoms with van der Waals surface area (Å²) in [5.74, 6) is 3.50. The van der Waals surface area contributed by atoms with Gasteiger partial charge in [0.2, 0.25) is 0 Å². The molecular formula is C2H7NO2. The first-order valence-corrected chi connectivity index (χ1v) is 1.34. The van der Waals surface area contributed by atoms with Crippen LogP contribution in [0.25, 0.3) is 0 Å². The Hall–Kier alpha value is -0.120. The summed E-state index contributed by atoms with van der Waals surface area (Å²) < 4.78 is 4.50. The van der Waals surface area contributed by atoms with Crippen molar-refractivity contribution in [1.82, 2.24) is 0 Å². The fourth-order valence-corrected chi connectivity index (χ4v) is 0. The van der Waals surface area contributed by atoms with Gasteiger partial charge in [-0.1, -0.05) is 0 Å². The molecule has 0 bridgehead atoms. The molecule has 0 unspecified atom stereocenters. The number of rotatable bonds is 0. The van der Waals surface area contributed by atoms with E-state index < -0.39 is 0 Å². The Labute approximate surface area is 30.3 Å². The zero-order chi connectivity index (χ0) is 4.12. The first-order chi connectivity index (χ1) is 2.50. The van der Waals surface area contributed by atoms with Gasteiger partial charge in [0.15, 0.2) is 0 Å². The minimum atomic E-state index is 1.00. The van der Waals surface area contributed by atoms with E-state index in [1.807, 2.05) is 0 Å². The maximum absolute atomic E-state index is 6.50. The van der Waals surface area contributed by atoms with E-state index in [4.69, 9.17) is 5.21 Å². The van der Waals surface area contributed by atoms with Gasteiger partial charge in [-0.05, 0) is 0 Å². The number of nitrogens with two attached hydrogens (primary N) is 1. The van der Waals surface area contributed by atoms with Gasteiger partial charge in [-0.3, -0.25) is 0 Å². The molecule has 0 radical (unpaired) electrons. The summed E-state index contributed by atoms with van der Waals surface area (Å²) in [5, 5.41) is 6.50. The van der Waals surface area contributed by atoms with Crippen LogP contribution in [0.5, 0.6) is 0 Å². The predicted molar refractivity (Wildman–Crippen MR) is 16.8 cm³/mol. The van der Waals surface area contributed by atoms with Crippen LogP contribution in [-0.2, 0) is 4.74 Å². The highest BCUT2D eigenvalue weighted by Crippen LogP contribution is 1.84. The van der Waals surface area contributed by atoms with Crippen molar-refractivity contribution in [2.24, 2.45) is 5.90 Å². The van der Waals surface area contributed by atoms with E-state index in [2.05, 4.69) is 10.6 Å². The van der Waals surface area contributed by atoms with Crippen LogP contribution in [0.3, 0.4) is 0 Å². The van der Waals surface area contributed by atoms with Gasteiger partial charge in [0.25, 0.3) is 0 Å². The lowest BCUT2D eigenvalue weighted by Gasteiger charge is -1.27. The average Bonchev–Trinajstić information content (AvgIpc) is 2.19. The Morgan fingerprint density at radius 2 is 1.60 bits per heavy atom. The van der Waals surface area contributed by atoms with Crippen LogP contribution < -0.4 is 5.90 Å². The summed E-state index contributed by atoms with van der Waals surface area (Å²) in [6, 6.07) is 0. The van der Waals surface area contributed by atoms with Crippen LogP contribution >= 0.6 is 0 Å². The van der Waals surface area contributed by atoms with Gasteiger partial charge in [-0.25, -0.2) is 5.90 Å². The molecule has 1 rings (SSSR count). The summed E-state index contributed by atoms with van der Waals surface area (Å²) in [5.41, 5.74) is 0. The first kappa shape index (κ1) is 4.88. The van der Waals surface area contributed by atoms with Gasteiger partial charge in [-0.15, -0.1) is 0 Å². The van der Waals surface area contributed by atoms with Crippen molar-refractivity contribution in [3.8, 4) is 0 Å². The molecule has 3 N–H and O–H groups in total. The van der Waals surface area contributed by atoms with Gasteiger partial charge in [0.05, 0.1) is 13.2 Å². The Morgan fingerprint density at radius 1 is 1.40 bits per heavy atom. The highest BCUT2D eigenvalue weighted by atomic mass is 16.6. The van der Waals surface area contributed by atoms with Gasteiger partial charge in [0, 0.05) is 0 Å². The molecule has 32 valence electrons. The van der Waals surface area contributed by atoms with Crippen LogP contribution in [-0.4, -0.2) is 18.4 Å². The summed E-state index contributed by atoms with van der Waals surface area (Å²) in [6.07, 6.45) is 0. The van der Waals surface area contributed by atoms with Crippen LogP contribution in [0.2, 0.25) is 0 Å². The zero-order valence-electron chi connectivity index (χ0n) is 2.85. The van der Waals surface area contributed by atoms with Gasteiger partial charge < -0.3 is 9.94 Å². The van der Waals surface area contributed by atoms with Crippen molar-refractivity contribution >= 4 is 0 Å². The van der Waals surface area contributed by atoms with Crippen molar-refractivity contribution < 1.29 is 9.94 Å². The largest absolute Gasteiger partial charge is 0.377 e. The standard InChI is InChI=1S/C2H4O.H3NO/c1-2-3-1;1-2/h1-2H2;2H,1H2. The second-order valence-electron chi connectivity index (χ2n) is 0.612. The normalized spacial score (nSPS) is 15.6. The molecule has 1 fully saturated rings. The highest BCUT2D eigenvalue weighted by Gasteiger charge is 1.94. The maximum atomic E-state index is 6.50. The molecule has 0 aromatic heterocycles. The van der Waals surface area contributed by atoms with Crippen LogP contribution in [0, 0.1) is 0 Å². The van der Waals surface area contributed by atoms with E-state index in [1.165, 1.54) is 0 Å². The monoisotopic (exact) mass is 77.0 g/mol. The zero-order valence-corrected chi connectivity index (χ0v) is 2.85. The van der Waals surface area contributed by atoms with E-state index in [-0.39, 0.29) is 0 Å². The Balaban J connectivity index is 0.0000000733. The van der Waals surface area contributed by atoms with Crippen molar-refractivity contribution in [2.45, 2.75) is 0 Å². The third-order valence-corrected chi connectivity index (χ3v) is 0.204. The molecule has 3 nitrogen and oxygen atoms in total. The minimum absolute atomic E-state index is 1.00. The van der Waals surface area contributed by atoms with E-state index in [0.29, 0.717) is 0 Å². The van der Waals surface area contributed by atoms with Gasteiger partial charge in [-0.2, -0.15) is 0 Å². The number of hydrogen-bond donors (Lipinski definition) is 2. The molecule has 1 aliphatic rings. The lowest BCUT2D eigenvalue weighted by molar-refractivity contribution is 0.311. The van der Waals surface area contributed by atoms with Crippen LogP contribution in [0.1, 0.15) is 0 Å². The van der Waals surface area contributed by atoms with Crippen molar-refractivity contribution in [1.29, 1.82) is 0 Å². The number of epoxide rings is 1. The topological polar surface area (TPSA) is 58.8 Å². The summed E-state index contributed by atoms with van der Waals surface area (Å²) in [7, 11) is 0. The average molecular weight is 77.1 g/mol. The molecule has 3 heteroatoms. The lowest BCUT2D eigenvalue weighted by Crippen LogP contribution is -1.72. The quantitative estimate of drug-likeness (QED) is 0.298. The summed E-state index contributed by atoms with van der Waals surface area (Å²) in [4.78, 5) is 0. The van der Waals surface area contributed by atoms with Crippen molar-refractivity contribution in [3.05, 3.63) is 0 Å². The SMILES string of the molecule is C1CO1.NO. The molecule has 1 saturated heterocycles. The Kier molecular flexibility index (Phi) is 3.79. The second-order valence-corrected chi connectivity index (χ2v) is 0.612. The Bertz CT molecular complexity index is 12.4. The van der Waals surface area contributed by atoms with Crippen molar-refractivity contribution in [2.75, 3.05) is 13.2 Å². The summed E-state index contributed by atoms with van der Waals surface area (Å²) in [6.45, 7) is 2.00. The highest BCUT2D eigenvalue weighted by molar-refractivity contribution is 4.36. The Morgan fingerprint density at radius 3 is 1.60 bits per heavy atom. The van der Waals surface area contributed by atoms with Gasteiger partial charge in [0.1, 0.15) is 0 Å². The van der Waals surface area contributed by atoms with Gasteiger partial charge >= 0.3 is 0 Å². The molecule has 1 heterocycles. The van der Waals surface area contributed by atoms with E-state index in [1.54, 1.807) is 0 Å². The molecule has 0 saturated carbocycles. The fourth-order valence-electron chi connectivity index (χ4n) is 0. The molecule has 0 aliphatic carbocycles. The lowest BCUT2D eigenvalue weighted by atomic mass is 11.0. The molecule has 0 aromatic carbocycles. The maximum Gasteiger partial charge on any atom is 0.0701 e. The second kappa shape index (κ2) is 3.88. The molecule has 5 heavy (non-hydrogen) atoms. The molecule has 0 amide bonds. The third kappa shape index (κ3) is 17.7. The van der Waals surface area contributed by atoms with E-state index in [0.717, 1.165) is 13.2 Å². The summed E-state index contributed by atoms with van der Waals surface area (Å²) >= 11 is 0. The molecule has 1 aliphatic heterocycles. The minimum Gasteiger partial charge on any atom is -0.377 e. The predicted octanol–water partition coefficient (Wildman–Crippen LogP) is -0.649. The van der Waals surface area contributed by atoms with Crippen molar-refractivity contribution in [3.63, 3.8) is 0 Å². The van der Waals surface area contributed by atoms with Crippen LogP contribution in [0.4, 0.5) is 0 Å². The fraction of sp³-hybridized carbons (Fsp3) is 1.00. The smallest absolute Gasteiger partial charge is 0.0701 e. The first-order valence-electron chi connectivity index (χ1n) is 1.34. The van der Waals surface area contributed by atoms with E-state index in [9.17, 15) is 0 Å². The molecule has 0 spiro atoms. The number of ether oxygens (including phenoxy) is 1.